The van der Waals surface area contributed by atoms with Crippen LogP contribution in [0.1, 0.15) is 26.7 Å². The number of hydrogen-bond donors (Lipinski definition) is 2. The SMILES string of the molecule is CCC(CC)(C(=O)Nc1nccnn1)C(N)=S. The number of aromatic nitrogens is 3. The molecule has 1 heterocycles. The number of nitrogens with one attached hydrogen (secondary N) is 1. The maximum atomic E-state index is 12.2. The monoisotopic (exact) mass is 253 g/mol. The van der Waals surface area contributed by atoms with E-state index in [2.05, 4.69) is 20.5 Å². The highest BCUT2D eigenvalue weighted by molar-refractivity contribution is 7.80. The highest BCUT2D eigenvalue weighted by Crippen LogP contribution is 2.28. The average Bonchev–Trinajstić information content (AvgIpc) is 2.32. The van der Waals surface area contributed by atoms with Gasteiger partial charge in [0.05, 0.1) is 22.8 Å². The van der Waals surface area contributed by atoms with Gasteiger partial charge in [-0.05, 0) is 12.8 Å². The lowest BCUT2D eigenvalue weighted by Crippen LogP contribution is -2.45. The molecule has 1 rings (SSSR count). The number of amides is 1. The van der Waals surface area contributed by atoms with Crippen LogP contribution in [0.15, 0.2) is 12.4 Å². The molecule has 0 radical (unpaired) electrons. The Morgan fingerprint density at radius 3 is 2.53 bits per heavy atom. The summed E-state index contributed by atoms with van der Waals surface area (Å²) in [6.07, 6.45) is 3.94. The van der Waals surface area contributed by atoms with E-state index in [1.54, 1.807) is 0 Å². The number of hydrogen-bond acceptors (Lipinski definition) is 5. The summed E-state index contributed by atoms with van der Waals surface area (Å²) >= 11 is 4.98. The molecular formula is C10H15N5OS. The van der Waals surface area contributed by atoms with Crippen molar-refractivity contribution < 1.29 is 4.79 Å². The van der Waals surface area contributed by atoms with Gasteiger partial charge in [-0.25, -0.2) is 4.98 Å². The third kappa shape index (κ3) is 2.73. The molecule has 0 aliphatic carbocycles. The van der Waals surface area contributed by atoms with Gasteiger partial charge >= 0.3 is 0 Å². The van der Waals surface area contributed by atoms with Gasteiger partial charge in [0.25, 0.3) is 0 Å². The van der Waals surface area contributed by atoms with Crippen LogP contribution >= 0.6 is 12.2 Å². The molecule has 1 amide bonds. The Hall–Kier alpha value is -1.63. The van der Waals surface area contributed by atoms with Gasteiger partial charge in [-0.2, -0.15) is 5.10 Å². The van der Waals surface area contributed by atoms with Crippen molar-refractivity contribution in [2.24, 2.45) is 11.1 Å². The standard InChI is InChI=1S/C10H15N5OS/c1-3-10(4-2,7(11)17)8(16)14-9-12-5-6-13-15-9/h5-6H,3-4H2,1-2H3,(H2,11,17)(H,12,14,15,16). The van der Waals surface area contributed by atoms with E-state index in [-0.39, 0.29) is 16.8 Å². The number of carbonyl (C=O) groups is 1. The summed E-state index contributed by atoms with van der Waals surface area (Å²) in [5.41, 5.74) is 4.81. The molecule has 0 saturated heterocycles. The van der Waals surface area contributed by atoms with Crippen LogP contribution in [0.5, 0.6) is 0 Å². The number of thiocarbonyl (C=S) groups is 1. The largest absolute Gasteiger partial charge is 0.392 e. The minimum atomic E-state index is -0.853. The van der Waals surface area contributed by atoms with Crippen LogP contribution in [0.4, 0.5) is 5.95 Å². The van der Waals surface area contributed by atoms with Gasteiger partial charge in [0.1, 0.15) is 0 Å². The lowest BCUT2D eigenvalue weighted by atomic mass is 9.81. The molecule has 6 nitrogen and oxygen atoms in total. The smallest absolute Gasteiger partial charge is 0.249 e. The second-order valence-electron chi connectivity index (χ2n) is 3.57. The van der Waals surface area contributed by atoms with Crippen molar-refractivity contribution in [3.05, 3.63) is 12.4 Å². The van der Waals surface area contributed by atoms with Gasteiger partial charge in [0.2, 0.25) is 11.9 Å². The van der Waals surface area contributed by atoms with E-state index < -0.39 is 5.41 Å². The van der Waals surface area contributed by atoms with Crippen molar-refractivity contribution in [1.82, 2.24) is 15.2 Å². The molecule has 17 heavy (non-hydrogen) atoms. The number of nitrogens with zero attached hydrogens (tertiary/aromatic N) is 3. The normalized spacial score (nSPS) is 10.9. The molecule has 0 aliphatic heterocycles. The lowest BCUT2D eigenvalue weighted by molar-refractivity contribution is -0.122. The summed E-state index contributed by atoms with van der Waals surface area (Å²) < 4.78 is 0. The summed E-state index contributed by atoms with van der Waals surface area (Å²) in [4.78, 5) is 16.2. The Bertz CT molecular complexity index is 404. The summed E-state index contributed by atoms with van der Waals surface area (Å²) in [7, 11) is 0. The maximum Gasteiger partial charge on any atom is 0.249 e. The fraction of sp³-hybridized carbons (Fsp3) is 0.500. The van der Waals surface area contributed by atoms with Crippen molar-refractivity contribution in [3.8, 4) is 0 Å². The molecule has 0 aromatic carbocycles. The second kappa shape index (κ2) is 5.62. The van der Waals surface area contributed by atoms with Crippen LogP contribution < -0.4 is 11.1 Å². The van der Waals surface area contributed by atoms with Gasteiger partial charge in [-0.1, -0.05) is 26.1 Å². The first kappa shape index (κ1) is 13.4. The molecule has 3 N–H and O–H groups in total. The first-order chi connectivity index (χ1) is 8.06. The molecule has 1 aromatic heterocycles. The van der Waals surface area contributed by atoms with Gasteiger partial charge in [-0.3, -0.25) is 10.1 Å². The molecule has 92 valence electrons. The first-order valence-electron chi connectivity index (χ1n) is 5.32. The molecule has 0 unspecified atom stereocenters. The van der Waals surface area contributed by atoms with Crippen LogP contribution in [-0.2, 0) is 4.79 Å². The predicted molar refractivity (Wildman–Crippen MR) is 68.3 cm³/mol. The average molecular weight is 253 g/mol. The van der Waals surface area contributed by atoms with Crippen molar-refractivity contribution in [2.75, 3.05) is 5.32 Å². The minimum Gasteiger partial charge on any atom is -0.392 e. The van der Waals surface area contributed by atoms with E-state index in [1.807, 2.05) is 13.8 Å². The second-order valence-corrected chi connectivity index (χ2v) is 4.01. The van der Waals surface area contributed by atoms with Gasteiger partial charge in [0, 0.05) is 0 Å². The highest BCUT2D eigenvalue weighted by atomic mass is 32.1. The lowest BCUT2D eigenvalue weighted by Gasteiger charge is -2.28. The third-order valence-corrected chi connectivity index (χ3v) is 3.21. The first-order valence-corrected chi connectivity index (χ1v) is 5.72. The number of anilines is 1. The Balaban J connectivity index is 2.91. The van der Waals surface area contributed by atoms with Gasteiger partial charge in [0.15, 0.2) is 0 Å². The summed E-state index contributed by atoms with van der Waals surface area (Å²) in [5, 5.41) is 9.88. The predicted octanol–water partition coefficient (Wildman–Crippen LogP) is 0.903. The molecule has 1 aromatic rings. The molecule has 0 spiro atoms. The molecule has 7 heteroatoms. The van der Waals surface area contributed by atoms with Crippen molar-refractivity contribution in [3.63, 3.8) is 0 Å². The van der Waals surface area contributed by atoms with E-state index in [0.29, 0.717) is 12.8 Å². The zero-order chi connectivity index (χ0) is 12.9. The Morgan fingerprint density at radius 1 is 1.47 bits per heavy atom. The highest BCUT2D eigenvalue weighted by Gasteiger charge is 2.38. The Labute approximate surface area is 105 Å². The van der Waals surface area contributed by atoms with Crippen LogP contribution in [0.3, 0.4) is 0 Å². The fourth-order valence-electron chi connectivity index (χ4n) is 1.56. The zero-order valence-corrected chi connectivity index (χ0v) is 10.6. The van der Waals surface area contributed by atoms with Gasteiger partial charge in [-0.15, -0.1) is 5.10 Å². The van der Waals surface area contributed by atoms with Crippen LogP contribution in [0.25, 0.3) is 0 Å². The van der Waals surface area contributed by atoms with Crippen molar-refractivity contribution >= 4 is 29.1 Å². The molecule has 0 fully saturated rings. The molecular weight excluding hydrogens is 238 g/mol. The minimum absolute atomic E-state index is 0.153. The van der Waals surface area contributed by atoms with Crippen molar-refractivity contribution in [2.45, 2.75) is 26.7 Å². The van der Waals surface area contributed by atoms with E-state index in [1.165, 1.54) is 12.4 Å². The zero-order valence-electron chi connectivity index (χ0n) is 9.80. The fourth-order valence-corrected chi connectivity index (χ4v) is 1.94. The van der Waals surface area contributed by atoms with Gasteiger partial charge < -0.3 is 5.73 Å². The third-order valence-electron chi connectivity index (χ3n) is 2.82. The van der Waals surface area contributed by atoms with E-state index in [9.17, 15) is 4.79 Å². The molecule has 0 atom stereocenters. The molecule has 0 bridgehead atoms. The summed E-state index contributed by atoms with van der Waals surface area (Å²) in [6, 6.07) is 0. The van der Waals surface area contributed by atoms with E-state index in [4.69, 9.17) is 18.0 Å². The number of rotatable bonds is 5. The number of carbonyl (C=O) groups excluding carboxylic acids is 1. The van der Waals surface area contributed by atoms with Crippen LogP contribution in [0, 0.1) is 5.41 Å². The van der Waals surface area contributed by atoms with Crippen LogP contribution in [0.2, 0.25) is 0 Å². The maximum absolute atomic E-state index is 12.2. The number of nitrogens with two attached hydrogens (primary N) is 1. The Kier molecular flexibility index (Phi) is 4.45. The van der Waals surface area contributed by atoms with E-state index in [0.717, 1.165) is 0 Å². The summed E-state index contributed by atoms with van der Waals surface area (Å²) in [6.45, 7) is 3.73. The topological polar surface area (TPSA) is 93.8 Å². The quantitative estimate of drug-likeness (QED) is 0.757. The summed E-state index contributed by atoms with van der Waals surface area (Å²) in [5.74, 6) is -0.136. The molecule has 0 saturated carbocycles. The Morgan fingerprint density at radius 2 is 2.12 bits per heavy atom. The van der Waals surface area contributed by atoms with Crippen LogP contribution in [-0.4, -0.2) is 26.1 Å². The van der Waals surface area contributed by atoms with E-state index >= 15 is 0 Å². The van der Waals surface area contributed by atoms with Crippen molar-refractivity contribution in [1.29, 1.82) is 0 Å². The molecule has 0 aliphatic rings.